The van der Waals surface area contributed by atoms with Crippen molar-refractivity contribution < 1.29 is 19.1 Å². The number of nitrogens with zero attached hydrogens (tertiary/aromatic N) is 3. The van der Waals surface area contributed by atoms with Crippen molar-refractivity contribution in [2.75, 3.05) is 33.4 Å². The van der Waals surface area contributed by atoms with Crippen LogP contribution in [-0.2, 0) is 16.1 Å². The summed E-state index contributed by atoms with van der Waals surface area (Å²) in [7, 11) is 1.63. The van der Waals surface area contributed by atoms with Crippen molar-refractivity contribution >= 4 is 12.0 Å². The molecule has 1 saturated heterocycles. The summed E-state index contributed by atoms with van der Waals surface area (Å²) < 4.78 is 10.2. The summed E-state index contributed by atoms with van der Waals surface area (Å²) in [6.45, 7) is 1.79. The molecule has 1 atom stereocenters. The molecule has 1 aromatic heterocycles. The van der Waals surface area contributed by atoms with Gasteiger partial charge in [-0.2, -0.15) is 0 Å². The standard InChI is InChI=1S/C18H20N4O4/c1-25-13-4-2-3-12(7-13)14-8-22(9-15-17(14)20-11-19-15)16(23)10-21-5-6-26-18(21)24/h2-4,7,11,14H,5-6,8-10H2,1H3,(H,19,20). The van der Waals surface area contributed by atoms with E-state index in [9.17, 15) is 9.59 Å². The topological polar surface area (TPSA) is 87.8 Å². The lowest BCUT2D eigenvalue weighted by Crippen LogP contribution is -2.44. The van der Waals surface area contributed by atoms with Crippen LogP contribution in [0.15, 0.2) is 30.6 Å². The Hall–Kier alpha value is -3.03. The molecular formula is C18H20N4O4. The Bertz CT molecular complexity index is 834. The van der Waals surface area contributed by atoms with E-state index in [1.165, 1.54) is 4.90 Å². The molecule has 1 N–H and O–H groups in total. The highest BCUT2D eigenvalue weighted by molar-refractivity contribution is 5.83. The number of fused-ring (bicyclic) bond motifs is 1. The zero-order chi connectivity index (χ0) is 18.1. The molecule has 0 radical (unpaired) electrons. The van der Waals surface area contributed by atoms with E-state index in [0.29, 0.717) is 26.2 Å². The molecule has 4 rings (SSSR count). The van der Waals surface area contributed by atoms with Crippen LogP contribution in [0.4, 0.5) is 4.79 Å². The number of aromatic amines is 1. The van der Waals surface area contributed by atoms with E-state index in [2.05, 4.69) is 9.97 Å². The van der Waals surface area contributed by atoms with Gasteiger partial charge in [-0.05, 0) is 17.7 Å². The number of benzene rings is 1. The summed E-state index contributed by atoms with van der Waals surface area (Å²) in [6, 6.07) is 7.80. The van der Waals surface area contributed by atoms with Gasteiger partial charge in [-0.3, -0.25) is 9.69 Å². The molecule has 0 saturated carbocycles. The third-order valence-electron chi connectivity index (χ3n) is 4.85. The van der Waals surface area contributed by atoms with Crippen LogP contribution < -0.4 is 4.74 Å². The Kier molecular flexibility index (Phi) is 4.24. The van der Waals surface area contributed by atoms with Crippen LogP contribution in [0.2, 0.25) is 0 Å². The van der Waals surface area contributed by atoms with Gasteiger partial charge in [-0.1, -0.05) is 12.1 Å². The zero-order valence-electron chi connectivity index (χ0n) is 14.5. The number of cyclic esters (lactones) is 1. The fourth-order valence-corrected chi connectivity index (χ4v) is 3.46. The van der Waals surface area contributed by atoms with Crippen LogP contribution in [0, 0.1) is 0 Å². The number of H-pyrrole nitrogens is 1. The number of hydrogen-bond acceptors (Lipinski definition) is 5. The van der Waals surface area contributed by atoms with Crippen molar-refractivity contribution in [3.8, 4) is 5.75 Å². The Morgan fingerprint density at radius 2 is 2.35 bits per heavy atom. The van der Waals surface area contributed by atoms with Crippen molar-refractivity contribution in [1.29, 1.82) is 0 Å². The van der Waals surface area contributed by atoms with E-state index in [1.54, 1.807) is 18.3 Å². The highest BCUT2D eigenvalue weighted by Crippen LogP contribution is 2.33. The lowest BCUT2D eigenvalue weighted by molar-refractivity contribution is -0.132. The van der Waals surface area contributed by atoms with E-state index in [1.807, 2.05) is 24.3 Å². The second kappa shape index (κ2) is 6.70. The quantitative estimate of drug-likeness (QED) is 0.893. The Morgan fingerprint density at radius 1 is 1.46 bits per heavy atom. The number of rotatable bonds is 4. The van der Waals surface area contributed by atoms with Crippen molar-refractivity contribution in [3.63, 3.8) is 0 Å². The number of carbonyl (C=O) groups excluding carboxylic acids is 2. The van der Waals surface area contributed by atoms with Gasteiger partial charge in [-0.15, -0.1) is 0 Å². The second-order valence-corrected chi connectivity index (χ2v) is 6.41. The molecule has 1 unspecified atom stereocenters. The van der Waals surface area contributed by atoms with Gasteiger partial charge in [0.2, 0.25) is 5.91 Å². The first-order valence-electron chi connectivity index (χ1n) is 8.51. The Morgan fingerprint density at radius 3 is 3.12 bits per heavy atom. The average Bonchev–Trinajstić information content (AvgIpc) is 3.30. The van der Waals surface area contributed by atoms with Crippen molar-refractivity contribution in [1.82, 2.24) is 19.8 Å². The number of ether oxygens (including phenoxy) is 2. The summed E-state index contributed by atoms with van der Waals surface area (Å²) in [5, 5.41) is 0. The number of hydrogen-bond donors (Lipinski definition) is 1. The van der Waals surface area contributed by atoms with Crippen LogP contribution in [0.1, 0.15) is 22.9 Å². The normalized spacial score (nSPS) is 19.3. The van der Waals surface area contributed by atoms with E-state index < -0.39 is 6.09 Å². The molecule has 0 spiro atoms. The molecule has 1 fully saturated rings. The molecule has 2 amide bonds. The van der Waals surface area contributed by atoms with Gasteiger partial charge in [0, 0.05) is 12.5 Å². The van der Waals surface area contributed by atoms with Crippen LogP contribution in [0.25, 0.3) is 0 Å². The Labute approximate surface area is 150 Å². The van der Waals surface area contributed by atoms with Gasteiger partial charge in [-0.25, -0.2) is 9.78 Å². The monoisotopic (exact) mass is 356 g/mol. The van der Waals surface area contributed by atoms with E-state index in [0.717, 1.165) is 22.7 Å². The number of carbonyl (C=O) groups is 2. The molecule has 0 aliphatic carbocycles. The number of nitrogens with one attached hydrogen (secondary N) is 1. The predicted octanol–water partition coefficient (Wildman–Crippen LogP) is 1.34. The van der Waals surface area contributed by atoms with Crippen molar-refractivity contribution in [2.24, 2.45) is 0 Å². The number of imidazole rings is 1. The maximum Gasteiger partial charge on any atom is 0.410 e. The second-order valence-electron chi connectivity index (χ2n) is 6.41. The van der Waals surface area contributed by atoms with Gasteiger partial charge in [0.1, 0.15) is 18.9 Å². The van der Waals surface area contributed by atoms with E-state index in [4.69, 9.17) is 9.47 Å². The summed E-state index contributed by atoms with van der Waals surface area (Å²) in [6.07, 6.45) is 1.23. The minimum atomic E-state index is -0.429. The summed E-state index contributed by atoms with van der Waals surface area (Å²) >= 11 is 0. The van der Waals surface area contributed by atoms with E-state index in [-0.39, 0.29) is 18.4 Å². The third kappa shape index (κ3) is 2.98. The molecule has 2 aromatic rings. The van der Waals surface area contributed by atoms with Crippen LogP contribution >= 0.6 is 0 Å². The lowest BCUT2D eigenvalue weighted by Gasteiger charge is -2.33. The highest BCUT2D eigenvalue weighted by atomic mass is 16.6. The summed E-state index contributed by atoms with van der Waals surface area (Å²) in [5.74, 6) is 0.620. The van der Waals surface area contributed by atoms with Gasteiger partial charge in [0.15, 0.2) is 0 Å². The molecule has 8 nitrogen and oxygen atoms in total. The molecule has 2 aliphatic rings. The molecule has 8 heteroatoms. The predicted molar refractivity (Wildman–Crippen MR) is 91.8 cm³/mol. The lowest BCUT2D eigenvalue weighted by atomic mass is 9.90. The van der Waals surface area contributed by atoms with Gasteiger partial charge < -0.3 is 19.4 Å². The highest BCUT2D eigenvalue weighted by Gasteiger charge is 2.33. The first-order chi connectivity index (χ1) is 12.7. The molecule has 1 aromatic carbocycles. The first kappa shape index (κ1) is 16.4. The zero-order valence-corrected chi connectivity index (χ0v) is 14.5. The minimum absolute atomic E-state index is 0.0349. The number of amides is 2. The maximum atomic E-state index is 12.7. The fraction of sp³-hybridized carbons (Fsp3) is 0.389. The molecule has 0 bridgehead atoms. The largest absolute Gasteiger partial charge is 0.497 e. The van der Waals surface area contributed by atoms with Crippen molar-refractivity contribution in [3.05, 3.63) is 47.5 Å². The summed E-state index contributed by atoms with van der Waals surface area (Å²) in [5.41, 5.74) is 2.90. The molecule has 3 heterocycles. The van der Waals surface area contributed by atoms with Crippen LogP contribution in [0.3, 0.4) is 0 Å². The van der Waals surface area contributed by atoms with Gasteiger partial charge in [0.05, 0.1) is 37.9 Å². The van der Waals surface area contributed by atoms with E-state index >= 15 is 0 Å². The molecule has 26 heavy (non-hydrogen) atoms. The van der Waals surface area contributed by atoms with Gasteiger partial charge in [0.25, 0.3) is 0 Å². The van der Waals surface area contributed by atoms with Crippen LogP contribution in [0.5, 0.6) is 5.75 Å². The van der Waals surface area contributed by atoms with Gasteiger partial charge >= 0.3 is 6.09 Å². The average molecular weight is 356 g/mol. The van der Waals surface area contributed by atoms with Crippen LogP contribution in [-0.4, -0.2) is 65.1 Å². The number of methoxy groups -OCH3 is 1. The van der Waals surface area contributed by atoms with Crippen molar-refractivity contribution in [2.45, 2.75) is 12.5 Å². The molecular weight excluding hydrogens is 336 g/mol. The Balaban J connectivity index is 1.57. The maximum absolute atomic E-state index is 12.7. The minimum Gasteiger partial charge on any atom is -0.497 e. The number of aromatic nitrogens is 2. The SMILES string of the molecule is COc1cccc(C2CN(C(=O)CN3CCOC3=O)Cc3[nH]cnc32)c1. The fourth-order valence-electron chi connectivity index (χ4n) is 3.46. The first-order valence-corrected chi connectivity index (χ1v) is 8.51. The summed E-state index contributed by atoms with van der Waals surface area (Å²) in [4.78, 5) is 35.1. The third-order valence-corrected chi connectivity index (χ3v) is 4.85. The smallest absolute Gasteiger partial charge is 0.410 e. The molecule has 136 valence electrons. The molecule has 2 aliphatic heterocycles.